The number of amides is 1. The molecule has 224 valence electrons. The number of benzene rings is 1. The molecule has 2 aliphatic rings. The molecule has 0 atom stereocenters. The first-order valence-corrected chi connectivity index (χ1v) is 16.2. The molecule has 2 N–H and O–H groups in total. The van der Waals surface area contributed by atoms with Gasteiger partial charge in [-0.15, -0.1) is 11.3 Å². The summed E-state index contributed by atoms with van der Waals surface area (Å²) in [6, 6.07) is 14.8. The van der Waals surface area contributed by atoms with Crippen molar-refractivity contribution >= 4 is 28.9 Å². The minimum Gasteiger partial charge on any atom is -0.478 e. The van der Waals surface area contributed by atoms with E-state index in [0.717, 1.165) is 61.5 Å². The van der Waals surface area contributed by atoms with Crippen molar-refractivity contribution in [1.82, 2.24) is 19.7 Å². The number of carbonyl (C=O) groups excluding carboxylic acids is 1. The number of anilines is 1. The molecule has 0 bridgehead atoms. The molecule has 0 unspecified atom stereocenters. The van der Waals surface area contributed by atoms with Crippen molar-refractivity contribution in [3.05, 3.63) is 81.5 Å². The van der Waals surface area contributed by atoms with Crippen LogP contribution in [-0.4, -0.2) is 49.7 Å². The average molecular weight is 598 g/mol. The zero-order chi connectivity index (χ0) is 30.1. The molecule has 1 aliphatic carbocycles. The summed E-state index contributed by atoms with van der Waals surface area (Å²) < 4.78 is 1.63. The van der Waals surface area contributed by atoms with E-state index in [1.54, 1.807) is 16.0 Å². The lowest BCUT2D eigenvalue weighted by Crippen LogP contribution is -2.38. The van der Waals surface area contributed by atoms with E-state index >= 15 is 0 Å². The molecule has 2 fully saturated rings. The molecule has 6 rings (SSSR count). The van der Waals surface area contributed by atoms with E-state index < -0.39 is 5.97 Å². The molecule has 1 amide bonds. The Morgan fingerprint density at radius 1 is 1.02 bits per heavy atom. The Balaban J connectivity index is 1.17. The number of carboxylic acids is 1. The molecule has 4 aromatic rings. The van der Waals surface area contributed by atoms with Gasteiger partial charge in [-0.2, -0.15) is 5.10 Å². The van der Waals surface area contributed by atoms with E-state index in [1.165, 1.54) is 27.8 Å². The fourth-order valence-corrected chi connectivity index (χ4v) is 7.29. The standard InChI is InChI=1S/C34H39N5O3S/c1-4-22-18-26(11-12-27(22)23-13-15-38(16-14-23)33(40)24-9-10-24)35-19-25-17-21(3)43-32(25)29-7-6-8-31(37-29)39-30(5-2)28(20-36-39)34(41)42/h6-8,11-12,17-18,20,23-24,35H,4-5,9-10,13-16,19H2,1-3H3,(H,41,42). The number of pyridine rings is 1. The Morgan fingerprint density at radius 2 is 1.81 bits per heavy atom. The van der Waals surface area contributed by atoms with Gasteiger partial charge in [0.05, 0.1) is 22.5 Å². The number of carbonyl (C=O) groups is 2. The topological polar surface area (TPSA) is 100 Å². The zero-order valence-electron chi connectivity index (χ0n) is 25.1. The molecule has 1 aromatic carbocycles. The van der Waals surface area contributed by atoms with Gasteiger partial charge in [0.25, 0.3) is 0 Å². The lowest BCUT2D eigenvalue weighted by Gasteiger charge is -2.33. The molecule has 3 aromatic heterocycles. The second-order valence-corrected chi connectivity index (χ2v) is 12.9. The number of nitrogens with one attached hydrogen (secondary N) is 1. The highest BCUT2D eigenvalue weighted by Crippen LogP contribution is 2.37. The predicted molar refractivity (Wildman–Crippen MR) is 170 cm³/mol. The number of piperidine rings is 1. The van der Waals surface area contributed by atoms with Crippen molar-refractivity contribution in [2.75, 3.05) is 18.4 Å². The summed E-state index contributed by atoms with van der Waals surface area (Å²) in [5.41, 5.74) is 6.76. The van der Waals surface area contributed by atoms with Crippen LogP contribution in [0.5, 0.6) is 0 Å². The summed E-state index contributed by atoms with van der Waals surface area (Å²) in [5.74, 6) is 0.811. The van der Waals surface area contributed by atoms with Crippen LogP contribution >= 0.6 is 11.3 Å². The number of aryl methyl sites for hydroxylation is 2. The van der Waals surface area contributed by atoms with Crippen molar-refractivity contribution < 1.29 is 14.7 Å². The predicted octanol–water partition coefficient (Wildman–Crippen LogP) is 6.86. The second kappa shape index (κ2) is 12.3. The molecule has 43 heavy (non-hydrogen) atoms. The van der Waals surface area contributed by atoms with Crippen molar-refractivity contribution in [2.24, 2.45) is 5.92 Å². The summed E-state index contributed by atoms with van der Waals surface area (Å²) in [5, 5.41) is 17.5. The summed E-state index contributed by atoms with van der Waals surface area (Å²) in [4.78, 5) is 33.4. The molecule has 1 saturated heterocycles. The largest absolute Gasteiger partial charge is 0.478 e. The fraction of sp³-hybridized carbons (Fsp3) is 0.412. The van der Waals surface area contributed by atoms with Crippen LogP contribution in [0.25, 0.3) is 16.4 Å². The van der Waals surface area contributed by atoms with Gasteiger partial charge >= 0.3 is 5.97 Å². The second-order valence-electron chi connectivity index (χ2n) is 11.7. The maximum atomic E-state index is 12.5. The number of carboxylic acid groups (broad SMARTS) is 1. The molecule has 1 saturated carbocycles. The Bertz CT molecular complexity index is 1650. The number of hydrogen-bond acceptors (Lipinski definition) is 6. The summed E-state index contributed by atoms with van der Waals surface area (Å²) in [7, 11) is 0. The molecule has 4 heterocycles. The maximum Gasteiger partial charge on any atom is 0.339 e. The van der Waals surface area contributed by atoms with E-state index in [-0.39, 0.29) is 5.56 Å². The highest BCUT2D eigenvalue weighted by Gasteiger charge is 2.35. The van der Waals surface area contributed by atoms with Gasteiger partial charge in [0, 0.05) is 36.1 Å². The van der Waals surface area contributed by atoms with Crippen LogP contribution in [-0.2, 0) is 24.2 Å². The number of nitrogens with zero attached hydrogens (tertiary/aromatic N) is 4. The summed E-state index contributed by atoms with van der Waals surface area (Å²) in [6.07, 6.45) is 7.14. The number of likely N-dealkylation sites (tertiary alicyclic amines) is 1. The van der Waals surface area contributed by atoms with Crippen molar-refractivity contribution in [3.8, 4) is 16.4 Å². The smallest absolute Gasteiger partial charge is 0.339 e. The van der Waals surface area contributed by atoms with Gasteiger partial charge in [0.1, 0.15) is 5.56 Å². The first kappa shape index (κ1) is 29.1. The summed E-state index contributed by atoms with van der Waals surface area (Å²) in [6.45, 7) is 8.67. The molecule has 8 nitrogen and oxygen atoms in total. The highest BCUT2D eigenvalue weighted by atomic mass is 32.1. The van der Waals surface area contributed by atoms with Crippen LogP contribution in [0.1, 0.15) is 83.1 Å². The highest BCUT2D eigenvalue weighted by molar-refractivity contribution is 7.15. The van der Waals surface area contributed by atoms with E-state index in [4.69, 9.17) is 4.98 Å². The Kier molecular flexibility index (Phi) is 8.34. The lowest BCUT2D eigenvalue weighted by molar-refractivity contribution is -0.133. The first-order valence-electron chi connectivity index (χ1n) is 15.4. The Hall–Kier alpha value is -3.98. The SMILES string of the molecule is CCc1cc(NCc2cc(C)sc2-c2cccc(-n3ncc(C(=O)O)c3CC)n2)ccc1C1CCN(C(=O)C2CC2)CC1. The minimum absolute atomic E-state index is 0.207. The van der Waals surface area contributed by atoms with Gasteiger partial charge in [-0.25, -0.2) is 14.5 Å². The zero-order valence-corrected chi connectivity index (χ0v) is 25.9. The summed E-state index contributed by atoms with van der Waals surface area (Å²) >= 11 is 1.71. The maximum absolute atomic E-state index is 12.5. The monoisotopic (exact) mass is 597 g/mol. The molecule has 1 aliphatic heterocycles. The van der Waals surface area contributed by atoms with Crippen LogP contribution in [0.4, 0.5) is 5.69 Å². The van der Waals surface area contributed by atoms with E-state index in [2.05, 4.69) is 53.4 Å². The first-order chi connectivity index (χ1) is 20.9. The van der Waals surface area contributed by atoms with Gasteiger partial charge in [0.15, 0.2) is 5.82 Å². The number of rotatable bonds is 10. The average Bonchev–Trinajstić information content (AvgIpc) is 3.67. The van der Waals surface area contributed by atoms with Gasteiger partial charge in [-0.3, -0.25) is 4.79 Å². The van der Waals surface area contributed by atoms with Crippen molar-refractivity contribution in [3.63, 3.8) is 0 Å². The number of thiophene rings is 1. The number of aromatic carboxylic acids is 1. The normalized spacial score (nSPS) is 15.6. The Morgan fingerprint density at radius 3 is 2.51 bits per heavy atom. The van der Waals surface area contributed by atoms with Crippen LogP contribution in [0.15, 0.2) is 48.7 Å². The van der Waals surface area contributed by atoms with Gasteiger partial charge in [-0.1, -0.05) is 26.0 Å². The van der Waals surface area contributed by atoms with Gasteiger partial charge in [-0.05, 0) is 98.4 Å². The van der Waals surface area contributed by atoms with E-state index in [0.29, 0.717) is 42.2 Å². The quantitative estimate of drug-likeness (QED) is 0.207. The fourth-order valence-electron chi connectivity index (χ4n) is 6.29. The van der Waals surface area contributed by atoms with Gasteiger partial charge in [0.2, 0.25) is 5.91 Å². The molecule has 0 radical (unpaired) electrons. The molecule has 0 spiro atoms. The van der Waals surface area contributed by atoms with Crippen LogP contribution in [0.2, 0.25) is 0 Å². The molecular formula is C34H39N5O3S. The molecule has 9 heteroatoms. The van der Waals surface area contributed by atoms with Crippen LogP contribution < -0.4 is 5.32 Å². The van der Waals surface area contributed by atoms with E-state index in [9.17, 15) is 14.7 Å². The minimum atomic E-state index is -0.980. The Labute approximate surface area is 256 Å². The van der Waals surface area contributed by atoms with Crippen molar-refractivity contribution in [1.29, 1.82) is 0 Å². The third-order valence-corrected chi connectivity index (χ3v) is 9.85. The van der Waals surface area contributed by atoms with E-state index in [1.807, 2.05) is 25.1 Å². The van der Waals surface area contributed by atoms with Crippen LogP contribution in [0.3, 0.4) is 0 Å². The van der Waals surface area contributed by atoms with Crippen LogP contribution in [0, 0.1) is 12.8 Å². The van der Waals surface area contributed by atoms with Crippen molar-refractivity contribution in [2.45, 2.75) is 71.8 Å². The number of hydrogen-bond donors (Lipinski definition) is 2. The third-order valence-electron chi connectivity index (χ3n) is 8.73. The third kappa shape index (κ3) is 6.09. The molecular weight excluding hydrogens is 558 g/mol. The van der Waals surface area contributed by atoms with Gasteiger partial charge < -0.3 is 15.3 Å². The number of aromatic nitrogens is 3. The lowest BCUT2D eigenvalue weighted by atomic mass is 9.85.